The zero-order valence-corrected chi connectivity index (χ0v) is 14.0. The average Bonchev–Trinajstić information content (AvgIpc) is 2.50. The standard InChI is InChI=1S/C15H12BrClN4O/c1-9-6-10(2-3-11(9)16)20-15(22)8-19-14-5-4-12(17)13(7-18)21-14/h2-6H,8H2,1H3,(H,19,21)(H,20,22). The van der Waals surface area contributed by atoms with Crippen LogP contribution in [0, 0.1) is 18.3 Å². The summed E-state index contributed by atoms with van der Waals surface area (Å²) in [6.45, 7) is 1.98. The predicted octanol–water partition coefficient (Wildman–Crippen LogP) is 3.73. The fourth-order valence-corrected chi connectivity index (χ4v) is 2.11. The minimum atomic E-state index is -0.211. The van der Waals surface area contributed by atoms with E-state index in [2.05, 4.69) is 31.5 Å². The smallest absolute Gasteiger partial charge is 0.243 e. The first-order valence-corrected chi connectivity index (χ1v) is 7.53. The van der Waals surface area contributed by atoms with Crippen LogP contribution >= 0.6 is 27.5 Å². The maximum absolute atomic E-state index is 11.9. The summed E-state index contributed by atoms with van der Waals surface area (Å²) in [4.78, 5) is 15.9. The Kier molecular flexibility index (Phi) is 5.36. The van der Waals surface area contributed by atoms with Crippen molar-refractivity contribution in [1.82, 2.24) is 4.98 Å². The van der Waals surface area contributed by atoms with Gasteiger partial charge in [-0.1, -0.05) is 27.5 Å². The van der Waals surface area contributed by atoms with E-state index in [1.54, 1.807) is 12.1 Å². The number of carbonyl (C=O) groups is 1. The number of nitrogens with one attached hydrogen (secondary N) is 2. The van der Waals surface area contributed by atoms with E-state index in [1.807, 2.05) is 31.2 Å². The molecule has 0 saturated heterocycles. The van der Waals surface area contributed by atoms with Crippen molar-refractivity contribution in [1.29, 1.82) is 5.26 Å². The Morgan fingerprint density at radius 2 is 2.18 bits per heavy atom. The number of hydrogen-bond acceptors (Lipinski definition) is 4. The number of anilines is 2. The van der Waals surface area contributed by atoms with Crippen LogP contribution in [-0.2, 0) is 4.79 Å². The van der Waals surface area contributed by atoms with E-state index in [0.717, 1.165) is 10.0 Å². The van der Waals surface area contributed by atoms with Crippen molar-refractivity contribution >= 4 is 44.9 Å². The number of nitrogens with zero attached hydrogens (tertiary/aromatic N) is 2. The molecule has 5 nitrogen and oxygen atoms in total. The number of carbonyl (C=O) groups excluding carboxylic acids is 1. The maximum atomic E-state index is 11.9. The fourth-order valence-electron chi connectivity index (χ4n) is 1.72. The van der Waals surface area contributed by atoms with Crippen molar-refractivity contribution in [2.24, 2.45) is 0 Å². The highest BCUT2D eigenvalue weighted by molar-refractivity contribution is 9.10. The van der Waals surface area contributed by atoms with Crippen LogP contribution in [0.2, 0.25) is 5.02 Å². The number of rotatable bonds is 4. The van der Waals surface area contributed by atoms with Crippen LogP contribution in [0.4, 0.5) is 11.5 Å². The van der Waals surface area contributed by atoms with E-state index in [0.29, 0.717) is 11.5 Å². The summed E-state index contributed by atoms with van der Waals surface area (Å²) < 4.78 is 0.984. The molecule has 1 aromatic carbocycles. The third-order valence-corrected chi connectivity index (χ3v) is 4.02. The van der Waals surface area contributed by atoms with E-state index < -0.39 is 0 Å². The Bertz CT molecular complexity index is 758. The molecule has 0 aliphatic rings. The fraction of sp³-hybridized carbons (Fsp3) is 0.133. The van der Waals surface area contributed by atoms with Crippen LogP contribution in [0.3, 0.4) is 0 Å². The Labute approximate surface area is 141 Å². The highest BCUT2D eigenvalue weighted by Gasteiger charge is 2.06. The van der Waals surface area contributed by atoms with Crippen LogP contribution in [-0.4, -0.2) is 17.4 Å². The lowest BCUT2D eigenvalue weighted by molar-refractivity contribution is -0.114. The molecular formula is C15H12BrClN4O. The van der Waals surface area contributed by atoms with Gasteiger partial charge in [0, 0.05) is 10.2 Å². The largest absolute Gasteiger partial charge is 0.361 e. The summed E-state index contributed by atoms with van der Waals surface area (Å²) in [7, 11) is 0. The summed E-state index contributed by atoms with van der Waals surface area (Å²) in [5.41, 5.74) is 1.87. The third-order valence-electron chi connectivity index (χ3n) is 2.82. The van der Waals surface area contributed by atoms with Gasteiger partial charge >= 0.3 is 0 Å². The Morgan fingerprint density at radius 3 is 2.86 bits per heavy atom. The Morgan fingerprint density at radius 1 is 1.41 bits per heavy atom. The van der Waals surface area contributed by atoms with Gasteiger partial charge in [-0.25, -0.2) is 4.98 Å². The molecule has 1 heterocycles. The van der Waals surface area contributed by atoms with Crippen LogP contribution < -0.4 is 10.6 Å². The molecule has 0 aliphatic heterocycles. The normalized spacial score (nSPS) is 9.91. The molecule has 22 heavy (non-hydrogen) atoms. The lowest BCUT2D eigenvalue weighted by atomic mass is 10.2. The van der Waals surface area contributed by atoms with Crippen LogP contribution in [0.25, 0.3) is 0 Å². The average molecular weight is 380 g/mol. The first-order valence-electron chi connectivity index (χ1n) is 6.36. The van der Waals surface area contributed by atoms with Crippen molar-refractivity contribution in [3.8, 4) is 6.07 Å². The Hall–Kier alpha value is -2.10. The molecule has 2 N–H and O–H groups in total. The molecule has 2 rings (SSSR count). The summed E-state index contributed by atoms with van der Waals surface area (Å²) in [6.07, 6.45) is 0. The molecule has 1 aromatic heterocycles. The molecular weight excluding hydrogens is 368 g/mol. The molecule has 0 unspecified atom stereocenters. The molecule has 0 spiro atoms. The number of benzene rings is 1. The molecule has 0 aliphatic carbocycles. The zero-order chi connectivity index (χ0) is 16.1. The first kappa shape index (κ1) is 16.3. The second kappa shape index (κ2) is 7.25. The van der Waals surface area contributed by atoms with Crippen molar-refractivity contribution in [2.45, 2.75) is 6.92 Å². The summed E-state index contributed by atoms with van der Waals surface area (Å²) >= 11 is 9.20. The van der Waals surface area contributed by atoms with E-state index in [1.165, 1.54) is 0 Å². The van der Waals surface area contributed by atoms with Gasteiger partial charge in [-0.3, -0.25) is 4.79 Å². The van der Waals surface area contributed by atoms with Gasteiger partial charge < -0.3 is 10.6 Å². The second-order valence-electron chi connectivity index (χ2n) is 4.50. The summed E-state index contributed by atoms with van der Waals surface area (Å²) in [6, 6.07) is 10.6. The lowest BCUT2D eigenvalue weighted by Crippen LogP contribution is -2.22. The number of aryl methyl sites for hydroxylation is 1. The summed E-state index contributed by atoms with van der Waals surface area (Å²) in [5.74, 6) is 0.208. The van der Waals surface area contributed by atoms with Gasteiger partial charge in [0.15, 0.2) is 5.69 Å². The number of hydrogen-bond donors (Lipinski definition) is 2. The van der Waals surface area contributed by atoms with Crippen LogP contribution in [0.5, 0.6) is 0 Å². The van der Waals surface area contributed by atoms with E-state index in [4.69, 9.17) is 16.9 Å². The van der Waals surface area contributed by atoms with Crippen LogP contribution in [0.1, 0.15) is 11.3 Å². The van der Waals surface area contributed by atoms with E-state index >= 15 is 0 Å². The number of amides is 1. The number of aromatic nitrogens is 1. The molecule has 0 saturated carbocycles. The van der Waals surface area contributed by atoms with Gasteiger partial charge in [0.05, 0.1) is 11.6 Å². The minimum absolute atomic E-state index is 0.0363. The van der Waals surface area contributed by atoms with Gasteiger partial charge in [-0.15, -0.1) is 0 Å². The number of halogens is 2. The van der Waals surface area contributed by atoms with Gasteiger partial charge in [0.1, 0.15) is 11.9 Å². The minimum Gasteiger partial charge on any atom is -0.361 e. The molecule has 112 valence electrons. The third kappa shape index (κ3) is 4.20. The number of nitriles is 1. The monoisotopic (exact) mass is 378 g/mol. The van der Waals surface area contributed by atoms with Crippen molar-refractivity contribution in [3.05, 3.63) is 51.1 Å². The van der Waals surface area contributed by atoms with Crippen molar-refractivity contribution in [2.75, 3.05) is 17.2 Å². The molecule has 0 bridgehead atoms. The quantitative estimate of drug-likeness (QED) is 0.848. The van der Waals surface area contributed by atoms with Crippen molar-refractivity contribution in [3.63, 3.8) is 0 Å². The SMILES string of the molecule is Cc1cc(NC(=O)CNc2ccc(Cl)c(C#N)n2)ccc1Br. The second-order valence-corrected chi connectivity index (χ2v) is 5.77. The van der Waals surface area contributed by atoms with Gasteiger partial charge in [0.25, 0.3) is 0 Å². The molecule has 0 radical (unpaired) electrons. The Balaban J connectivity index is 1.95. The summed E-state index contributed by atoms with van der Waals surface area (Å²) in [5, 5.41) is 14.8. The van der Waals surface area contributed by atoms with Crippen LogP contribution in [0.15, 0.2) is 34.8 Å². The highest BCUT2D eigenvalue weighted by Crippen LogP contribution is 2.20. The zero-order valence-electron chi connectivity index (χ0n) is 11.7. The topological polar surface area (TPSA) is 77.8 Å². The van der Waals surface area contributed by atoms with Gasteiger partial charge in [-0.05, 0) is 42.8 Å². The lowest BCUT2D eigenvalue weighted by Gasteiger charge is -2.09. The molecule has 7 heteroatoms. The molecule has 0 atom stereocenters. The molecule has 2 aromatic rings. The van der Waals surface area contributed by atoms with E-state index in [9.17, 15) is 4.79 Å². The maximum Gasteiger partial charge on any atom is 0.243 e. The predicted molar refractivity (Wildman–Crippen MR) is 90.0 cm³/mol. The number of pyridine rings is 1. The van der Waals surface area contributed by atoms with Crippen molar-refractivity contribution < 1.29 is 4.79 Å². The highest BCUT2D eigenvalue weighted by atomic mass is 79.9. The van der Waals surface area contributed by atoms with Gasteiger partial charge in [0.2, 0.25) is 5.91 Å². The van der Waals surface area contributed by atoms with E-state index in [-0.39, 0.29) is 23.2 Å². The molecule has 0 fully saturated rings. The molecule has 1 amide bonds. The first-order chi connectivity index (χ1) is 10.5. The van der Waals surface area contributed by atoms with Gasteiger partial charge in [-0.2, -0.15) is 5.26 Å².